The molecule has 7 nitrogen and oxygen atoms in total. The number of likely N-dealkylation sites (tertiary alicyclic amines) is 1. The predicted molar refractivity (Wildman–Crippen MR) is 129 cm³/mol. The van der Waals surface area contributed by atoms with Gasteiger partial charge < -0.3 is 29.7 Å². The summed E-state index contributed by atoms with van der Waals surface area (Å²) in [6, 6.07) is 0.499. The summed E-state index contributed by atoms with van der Waals surface area (Å²) in [6.07, 6.45) is 4.71. The van der Waals surface area contributed by atoms with Gasteiger partial charge in [-0.25, -0.2) is 0 Å². The summed E-state index contributed by atoms with van der Waals surface area (Å²) >= 11 is 0. The lowest BCUT2D eigenvalue weighted by Gasteiger charge is -2.33. The van der Waals surface area contributed by atoms with Crippen LogP contribution >= 0.6 is 24.0 Å². The number of rotatable bonds is 12. The zero-order chi connectivity index (χ0) is 20.0. The summed E-state index contributed by atoms with van der Waals surface area (Å²) in [6.45, 7) is 15.4. The number of hydrogen-bond donors (Lipinski definition) is 2. The number of nitrogens with one attached hydrogen (secondary N) is 2. The van der Waals surface area contributed by atoms with Gasteiger partial charge in [0.25, 0.3) is 0 Å². The van der Waals surface area contributed by atoms with Gasteiger partial charge in [0.05, 0.1) is 25.9 Å². The van der Waals surface area contributed by atoms with E-state index >= 15 is 0 Å². The van der Waals surface area contributed by atoms with Crippen LogP contribution in [-0.2, 0) is 14.2 Å². The number of ether oxygens (including phenoxy) is 3. The van der Waals surface area contributed by atoms with Crippen LogP contribution in [0.4, 0.5) is 0 Å². The van der Waals surface area contributed by atoms with E-state index in [9.17, 15) is 0 Å². The first kappa shape index (κ1) is 26.9. The van der Waals surface area contributed by atoms with Gasteiger partial charge in [-0.05, 0) is 46.5 Å². The van der Waals surface area contributed by atoms with E-state index < -0.39 is 0 Å². The van der Waals surface area contributed by atoms with Gasteiger partial charge in [0.15, 0.2) is 5.96 Å². The first-order valence-electron chi connectivity index (χ1n) is 11.2. The van der Waals surface area contributed by atoms with Crippen LogP contribution in [0.25, 0.3) is 0 Å². The summed E-state index contributed by atoms with van der Waals surface area (Å²) < 4.78 is 16.8. The topological polar surface area (TPSA) is 67.4 Å². The number of piperidine rings is 1. The van der Waals surface area contributed by atoms with Crippen molar-refractivity contribution in [3.8, 4) is 0 Å². The van der Waals surface area contributed by atoms with Gasteiger partial charge >= 0.3 is 0 Å². The Morgan fingerprint density at radius 2 is 2.00 bits per heavy atom. The van der Waals surface area contributed by atoms with Crippen LogP contribution in [0.5, 0.6) is 0 Å². The predicted octanol–water partition coefficient (Wildman–Crippen LogP) is 2.49. The Balaban J connectivity index is 0.00000420. The lowest BCUT2D eigenvalue weighted by atomic mass is 10.1. The molecule has 2 aliphatic rings. The van der Waals surface area contributed by atoms with Gasteiger partial charge in [0.2, 0.25) is 0 Å². The van der Waals surface area contributed by atoms with E-state index in [0.717, 1.165) is 97.4 Å². The lowest BCUT2D eigenvalue weighted by molar-refractivity contribution is 0.0532. The molecular formula is C21H43IN4O3. The largest absolute Gasteiger partial charge is 0.381 e. The number of hydrogen-bond acceptors (Lipinski definition) is 5. The fourth-order valence-electron chi connectivity index (χ4n) is 3.55. The third kappa shape index (κ3) is 12.3. The van der Waals surface area contributed by atoms with Crippen LogP contribution in [0.15, 0.2) is 4.99 Å². The van der Waals surface area contributed by atoms with E-state index in [2.05, 4.69) is 36.3 Å². The normalized spacial score (nSPS) is 21.4. The average molecular weight is 527 g/mol. The van der Waals surface area contributed by atoms with Crippen LogP contribution in [-0.4, -0.2) is 88.8 Å². The molecule has 172 valence electrons. The molecule has 2 saturated heterocycles. The summed E-state index contributed by atoms with van der Waals surface area (Å²) in [5.41, 5.74) is 0. The maximum absolute atomic E-state index is 5.76. The minimum atomic E-state index is 0. The molecule has 0 amide bonds. The summed E-state index contributed by atoms with van der Waals surface area (Å²) in [4.78, 5) is 7.22. The molecule has 2 aliphatic heterocycles. The highest BCUT2D eigenvalue weighted by atomic mass is 127. The fourth-order valence-corrected chi connectivity index (χ4v) is 3.55. The van der Waals surface area contributed by atoms with Gasteiger partial charge in [-0.1, -0.05) is 0 Å². The molecule has 0 spiro atoms. The smallest absolute Gasteiger partial charge is 0.191 e. The van der Waals surface area contributed by atoms with Gasteiger partial charge in [-0.3, -0.25) is 4.99 Å². The zero-order valence-electron chi connectivity index (χ0n) is 18.7. The standard InChI is InChI=1S/C21H42N4O3.HI/c1-4-22-21(23-9-5-13-26-16-19-8-14-27-17-19)24-20-6-10-25(11-7-20)12-15-28-18(2)3;/h18-20H,4-17H2,1-3H3,(H2,22,23,24);1H. The second-order valence-electron chi connectivity index (χ2n) is 8.10. The Hall–Kier alpha value is -0.160. The Kier molecular flexibility index (Phi) is 15.3. The first-order valence-corrected chi connectivity index (χ1v) is 11.2. The maximum atomic E-state index is 5.76. The quantitative estimate of drug-likeness (QED) is 0.176. The van der Waals surface area contributed by atoms with Gasteiger partial charge in [-0.15, -0.1) is 24.0 Å². The van der Waals surface area contributed by atoms with E-state index in [1.807, 2.05) is 0 Å². The number of aliphatic imine (C=N–C) groups is 1. The van der Waals surface area contributed by atoms with E-state index in [4.69, 9.17) is 19.2 Å². The van der Waals surface area contributed by atoms with Crippen LogP contribution in [0.1, 0.15) is 46.5 Å². The number of guanidine groups is 1. The van der Waals surface area contributed by atoms with Gasteiger partial charge in [0, 0.05) is 57.9 Å². The number of halogens is 1. The third-order valence-corrected chi connectivity index (χ3v) is 5.23. The molecule has 0 radical (unpaired) electrons. The highest BCUT2D eigenvalue weighted by Gasteiger charge is 2.20. The Labute approximate surface area is 194 Å². The fraction of sp³-hybridized carbons (Fsp3) is 0.952. The molecule has 0 saturated carbocycles. The second-order valence-corrected chi connectivity index (χ2v) is 8.10. The van der Waals surface area contributed by atoms with E-state index in [-0.39, 0.29) is 24.0 Å². The van der Waals surface area contributed by atoms with E-state index in [0.29, 0.717) is 18.1 Å². The summed E-state index contributed by atoms with van der Waals surface area (Å²) in [5.74, 6) is 1.53. The van der Waals surface area contributed by atoms with Crippen LogP contribution in [0.3, 0.4) is 0 Å². The second kappa shape index (κ2) is 16.5. The van der Waals surface area contributed by atoms with E-state index in [1.165, 1.54) is 0 Å². The van der Waals surface area contributed by atoms with Crippen LogP contribution in [0, 0.1) is 5.92 Å². The van der Waals surface area contributed by atoms with E-state index in [1.54, 1.807) is 0 Å². The van der Waals surface area contributed by atoms with Crippen molar-refractivity contribution < 1.29 is 14.2 Å². The number of nitrogens with zero attached hydrogens (tertiary/aromatic N) is 2. The summed E-state index contributed by atoms with van der Waals surface area (Å²) in [7, 11) is 0. The molecular weight excluding hydrogens is 483 g/mol. The highest BCUT2D eigenvalue weighted by molar-refractivity contribution is 14.0. The molecule has 2 fully saturated rings. The SMILES string of the molecule is CCNC(=NCCCOCC1CCOC1)NC1CCN(CCOC(C)C)CC1.I. The molecule has 1 unspecified atom stereocenters. The van der Waals surface area contributed by atoms with Crippen LogP contribution < -0.4 is 10.6 Å². The first-order chi connectivity index (χ1) is 13.7. The maximum Gasteiger partial charge on any atom is 0.191 e. The molecule has 2 N–H and O–H groups in total. The van der Waals surface area contributed by atoms with Crippen molar-refractivity contribution in [2.45, 2.75) is 58.6 Å². The Morgan fingerprint density at radius 1 is 1.21 bits per heavy atom. The molecule has 2 rings (SSSR count). The molecule has 2 heterocycles. The molecule has 0 aromatic heterocycles. The zero-order valence-corrected chi connectivity index (χ0v) is 21.0. The molecule has 0 aromatic rings. The van der Waals surface area contributed by atoms with Crippen molar-refractivity contribution >= 4 is 29.9 Å². The lowest BCUT2D eigenvalue weighted by Crippen LogP contribution is -2.49. The van der Waals surface area contributed by atoms with Crippen molar-refractivity contribution in [2.24, 2.45) is 10.9 Å². The molecule has 8 heteroatoms. The van der Waals surface area contributed by atoms with Crippen molar-refractivity contribution in [3.63, 3.8) is 0 Å². The Morgan fingerprint density at radius 3 is 2.66 bits per heavy atom. The van der Waals surface area contributed by atoms with Crippen molar-refractivity contribution in [1.82, 2.24) is 15.5 Å². The Bertz CT molecular complexity index is 426. The highest BCUT2D eigenvalue weighted by Crippen LogP contribution is 2.12. The van der Waals surface area contributed by atoms with Crippen molar-refractivity contribution in [3.05, 3.63) is 0 Å². The molecule has 0 aliphatic carbocycles. The van der Waals surface area contributed by atoms with Crippen LogP contribution in [0.2, 0.25) is 0 Å². The molecule has 1 atom stereocenters. The van der Waals surface area contributed by atoms with Gasteiger partial charge in [-0.2, -0.15) is 0 Å². The van der Waals surface area contributed by atoms with Gasteiger partial charge in [0.1, 0.15) is 0 Å². The van der Waals surface area contributed by atoms with Crippen molar-refractivity contribution in [1.29, 1.82) is 0 Å². The monoisotopic (exact) mass is 526 g/mol. The minimum Gasteiger partial charge on any atom is -0.381 e. The van der Waals surface area contributed by atoms with Crippen molar-refractivity contribution in [2.75, 3.05) is 65.8 Å². The molecule has 29 heavy (non-hydrogen) atoms. The summed E-state index contributed by atoms with van der Waals surface area (Å²) in [5, 5.41) is 6.98. The molecule has 0 bridgehead atoms. The minimum absolute atomic E-state index is 0. The molecule has 0 aromatic carbocycles. The average Bonchev–Trinajstić information content (AvgIpc) is 3.19. The third-order valence-electron chi connectivity index (χ3n) is 5.23.